The Kier molecular flexibility index (Phi) is 2.30. The highest BCUT2D eigenvalue weighted by Gasteiger charge is 2.40. The smallest absolute Gasteiger partial charge is 0.379 e. The van der Waals surface area contributed by atoms with Crippen molar-refractivity contribution in [2.24, 2.45) is 0 Å². The van der Waals surface area contributed by atoms with Gasteiger partial charge in [0, 0.05) is 17.1 Å². The number of rotatable bonds is 2. The molecule has 0 aliphatic carbocycles. The van der Waals surface area contributed by atoms with E-state index in [4.69, 9.17) is 5.11 Å². The van der Waals surface area contributed by atoms with E-state index in [1.165, 1.54) is 12.3 Å². The lowest BCUT2D eigenvalue weighted by atomic mass is 10.1. The molecule has 0 fully saturated rings. The molecule has 2 rings (SSSR count). The van der Waals surface area contributed by atoms with Crippen LogP contribution in [0.4, 0.5) is 8.78 Å². The Hall–Kier alpha value is -2.04. The summed E-state index contributed by atoms with van der Waals surface area (Å²) >= 11 is 0. The molecule has 1 heterocycles. The number of carboxylic acid groups (broad SMARTS) is 1. The van der Waals surface area contributed by atoms with Crippen molar-refractivity contribution in [3.63, 3.8) is 0 Å². The van der Waals surface area contributed by atoms with E-state index in [0.29, 0.717) is 10.9 Å². The molecule has 1 aromatic heterocycles. The first-order chi connectivity index (χ1) is 7.51. The van der Waals surface area contributed by atoms with E-state index < -0.39 is 17.5 Å². The molecule has 16 heavy (non-hydrogen) atoms. The van der Waals surface area contributed by atoms with Gasteiger partial charge in [-0.05, 0) is 18.2 Å². The van der Waals surface area contributed by atoms with Crippen LogP contribution >= 0.6 is 0 Å². The Balaban J connectivity index is 2.59. The molecule has 0 saturated heterocycles. The lowest BCUT2D eigenvalue weighted by Crippen LogP contribution is -2.25. The van der Waals surface area contributed by atoms with Crippen LogP contribution < -0.4 is 0 Å². The summed E-state index contributed by atoms with van der Waals surface area (Å²) in [5.74, 6) is -6.03. The molecule has 5 heteroatoms. The van der Waals surface area contributed by atoms with Crippen LogP contribution in [0.1, 0.15) is 5.56 Å². The van der Waals surface area contributed by atoms with Crippen molar-refractivity contribution in [1.82, 2.24) is 4.98 Å². The first kappa shape index (κ1) is 10.5. The van der Waals surface area contributed by atoms with Gasteiger partial charge in [-0.2, -0.15) is 8.78 Å². The van der Waals surface area contributed by atoms with Crippen molar-refractivity contribution in [3.8, 4) is 0 Å². The van der Waals surface area contributed by atoms with Gasteiger partial charge in [-0.25, -0.2) is 4.79 Å². The summed E-state index contributed by atoms with van der Waals surface area (Å²) in [5, 5.41) is 8.89. The van der Waals surface area contributed by atoms with E-state index in [9.17, 15) is 13.6 Å². The lowest BCUT2D eigenvalue weighted by Gasteiger charge is -2.11. The fourth-order valence-electron chi connectivity index (χ4n) is 1.39. The minimum absolute atomic E-state index is 0.487. The highest BCUT2D eigenvalue weighted by Crippen LogP contribution is 2.29. The predicted octanol–water partition coefficient (Wildman–Crippen LogP) is 2.41. The first-order valence-electron chi connectivity index (χ1n) is 4.48. The van der Waals surface area contributed by atoms with Crippen LogP contribution in [0.25, 0.3) is 10.9 Å². The average Bonchev–Trinajstić information content (AvgIpc) is 2.28. The molecule has 3 nitrogen and oxygen atoms in total. The number of carbonyl (C=O) groups is 1. The number of alkyl halides is 2. The number of benzene rings is 1. The molecule has 0 aliphatic rings. The van der Waals surface area contributed by atoms with Gasteiger partial charge in [0.15, 0.2) is 0 Å². The van der Waals surface area contributed by atoms with Gasteiger partial charge in [0.25, 0.3) is 0 Å². The molecule has 0 saturated carbocycles. The zero-order valence-electron chi connectivity index (χ0n) is 8.02. The van der Waals surface area contributed by atoms with Crippen LogP contribution in [0.5, 0.6) is 0 Å². The zero-order chi connectivity index (χ0) is 11.8. The summed E-state index contributed by atoms with van der Waals surface area (Å²) in [5.41, 5.74) is 0.00735. The quantitative estimate of drug-likeness (QED) is 0.850. The molecule has 1 aromatic carbocycles. The highest BCUT2D eigenvalue weighted by atomic mass is 19.3. The number of carboxylic acids is 1. The number of hydrogen-bond donors (Lipinski definition) is 1. The molecule has 0 unspecified atom stereocenters. The number of hydrogen-bond acceptors (Lipinski definition) is 2. The minimum atomic E-state index is -3.87. The van der Waals surface area contributed by atoms with E-state index in [0.717, 1.165) is 12.1 Å². The zero-order valence-corrected chi connectivity index (χ0v) is 8.02. The normalized spacial score (nSPS) is 11.6. The van der Waals surface area contributed by atoms with Crippen molar-refractivity contribution in [1.29, 1.82) is 0 Å². The van der Waals surface area contributed by atoms with Gasteiger partial charge in [-0.1, -0.05) is 12.1 Å². The molecule has 0 spiro atoms. The largest absolute Gasteiger partial charge is 0.477 e. The van der Waals surface area contributed by atoms with E-state index >= 15 is 0 Å². The summed E-state index contributed by atoms with van der Waals surface area (Å²) in [6, 6.07) is 6.79. The average molecular weight is 223 g/mol. The fraction of sp³-hybridized carbons (Fsp3) is 0.0909. The van der Waals surface area contributed by atoms with Gasteiger partial charge < -0.3 is 5.11 Å². The maximum Gasteiger partial charge on any atom is 0.379 e. The number of halogens is 2. The fourth-order valence-corrected chi connectivity index (χ4v) is 1.39. The second kappa shape index (κ2) is 3.52. The van der Waals surface area contributed by atoms with E-state index in [1.807, 2.05) is 0 Å². The van der Waals surface area contributed by atoms with Crippen LogP contribution in [0.3, 0.4) is 0 Å². The Labute approximate surface area is 89.3 Å². The van der Waals surface area contributed by atoms with Gasteiger partial charge in [0.1, 0.15) is 0 Å². The topological polar surface area (TPSA) is 50.2 Å². The van der Waals surface area contributed by atoms with Gasteiger partial charge in [0.2, 0.25) is 0 Å². The van der Waals surface area contributed by atoms with Crippen LogP contribution in [0.2, 0.25) is 0 Å². The molecular formula is C11H7F2NO2. The summed E-state index contributed by atoms with van der Waals surface area (Å²) in [6.07, 6.45) is 1.54. The predicted molar refractivity (Wildman–Crippen MR) is 53.3 cm³/mol. The molecule has 1 N–H and O–H groups in total. The van der Waals surface area contributed by atoms with Gasteiger partial charge in [0.05, 0.1) is 5.52 Å². The summed E-state index contributed by atoms with van der Waals surface area (Å²) < 4.78 is 26.4. The van der Waals surface area contributed by atoms with Crippen LogP contribution in [-0.4, -0.2) is 16.1 Å². The molecule has 82 valence electrons. The van der Waals surface area contributed by atoms with Crippen molar-refractivity contribution in [2.75, 3.05) is 0 Å². The number of nitrogens with zero attached hydrogens (tertiary/aromatic N) is 1. The molecule has 0 atom stereocenters. The Morgan fingerprint density at radius 2 is 2.06 bits per heavy atom. The van der Waals surface area contributed by atoms with Gasteiger partial charge in [-0.15, -0.1) is 0 Å². The molecule has 0 radical (unpaired) electrons. The monoisotopic (exact) mass is 223 g/mol. The van der Waals surface area contributed by atoms with Crippen molar-refractivity contribution in [3.05, 3.63) is 42.1 Å². The maximum atomic E-state index is 13.2. The molecule has 2 aromatic rings. The standard InChI is InChI=1S/C11H7F2NO2/c12-11(13,10(15)16)8-3-4-9-7(6-8)2-1-5-14-9/h1-6H,(H,15,16). The van der Waals surface area contributed by atoms with Crippen molar-refractivity contribution in [2.45, 2.75) is 5.92 Å². The number of pyridine rings is 1. The third-order valence-corrected chi connectivity index (χ3v) is 2.23. The van der Waals surface area contributed by atoms with Crippen molar-refractivity contribution >= 4 is 16.9 Å². The second-order valence-corrected chi connectivity index (χ2v) is 3.29. The Morgan fingerprint density at radius 1 is 1.31 bits per heavy atom. The van der Waals surface area contributed by atoms with E-state index in [2.05, 4.69) is 4.98 Å². The summed E-state index contributed by atoms with van der Waals surface area (Å²) in [7, 11) is 0. The summed E-state index contributed by atoms with van der Waals surface area (Å²) in [6.45, 7) is 0. The van der Waals surface area contributed by atoms with Crippen LogP contribution in [-0.2, 0) is 10.7 Å². The second-order valence-electron chi connectivity index (χ2n) is 3.29. The van der Waals surface area contributed by atoms with E-state index in [-0.39, 0.29) is 0 Å². The Morgan fingerprint density at radius 3 is 2.75 bits per heavy atom. The minimum Gasteiger partial charge on any atom is -0.477 e. The molecule has 0 aliphatic heterocycles. The molecule has 0 amide bonds. The van der Waals surface area contributed by atoms with Crippen molar-refractivity contribution < 1.29 is 18.7 Å². The number of aliphatic carboxylic acids is 1. The SMILES string of the molecule is O=C(O)C(F)(F)c1ccc2ncccc2c1. The molecule has 0 bridgehead atoms. The number of aromatic nitrogens is 1. The lowest BCUT2D eigenvalue weighted by molar-refractivity contribution is -0.166. The summed E-state index contributed by atoms with van der Waals surface area (Å²) in [4.78, 5) is 14.3. The first-order valence-corrected chi connectivity index (χ1v) is 4.48. The van der Waals surface area contributed by atoms with Gasteiger partial charge >= 0.3 is 11.9 Å². The van der Waals surface area contributed by atoms with Crippen LogP contribution in [0, 0.1) is 0 Å². The maximum absolute atomic E-state index is 13.2. The third kappa shape index (κ3) is 1.60. The Bertz CT molecular complexity index is 554. The third-order valence-electron chi connectivity index (χ3n) is 2.23. The van der Waals surface area contributed by atoms with E-state index in [1.54, 1.807) is 12.1 Å². The van der Waals surface area contributed by atoms with Crippen LogP contribution in [0.15, 0.2) is 36.5 Å². The van der Waals surface area contributed by atoms with Gasteiger partial charge in [-0.3, -0.25) is 4.98 Å². The highest BCUT2D eigenvalue weighted by molar-refractivity contribution is 5.83. The molecular weight excluding hydrogens is 216 g/mol. The number of fused-ring (bicyclic) bond motifs is 1.